The fraction of sp³-hybridized carbons (Fsp3) is 0.917. The molecular formula is C12H27NO2. The number of hydrogen-bond donors (Lipinski definition) is 1. The normalized spacial score (nSPS) is 11.7. The van der Waals surface area contributed by atoms with E-state index < -0.39 is 0 Å². The van der Waals surface area contributed by atoms with Crippen LogP contribution in [0.15, 0.2) is 0 Å². The molecule has 92 valence electrons. The first-order valence-corrected chi connectivity index (χ1v) is 5.99. The Morgan fingerprint density at radius 1 is 1.33 bits per heavy atom. The molecule has 0 bridgehead atoms. The van der Waals surface area contributed by atoms with E-state index in [1.807, 2.05) is 27.7 Å². The lowest BCUT2D eigenvalue weighted by Crippen LogP contribution is -2.21. The molecule has 1 atom stereocenters. The maximum absolute atomic E-state index is 11.2. The van der Waals surface area contributed by atoms with Gasteiger partial charge in [0.25, 0.3) is 0 Å². The van der Waals surface area contributed by atoms with Crippen LogP contribution < -0.4 is 5.73 Å². The number of ether oxygens (including phenoxy) is 1. The van der Waals surface area contributed by atoms with Crippen LogP contribution in [-0.4, -0.2) is 18.6 Å². The fourth-order valence-corrected chi connectivity index (χ4v) is 1.26. The van der Waals surface area contributed by atoms with Crippen molar-refractivity contribution in [2.45, 2.75) is 60.0 Å². The summed E-state index contributed by atoms with van der Waals surface area (Å²) in [5.74, 6) is 0.162. The highest BCUT2D eigenvalue weighted by Crippen LogP contribution is 2.10. The van der Waals surface area contributed by atoms with E-state index in [9.17, 15) is 4.79 Å². The SMILES string of the molecule is CC.CCCC(CN)CC(=O)OC(C)C. The van der Waals surface area contributed by atoms with Crippen LogP contribution in [0.4, 0.5) is 0 Å². The van der Waals surface area contributed by atoms with Crippen molar-refractivity contribution in [1.29, 1.82) is 0 Å². The fourth-order valence-electron chi connectivity index (χ4n) is 1.26. The first-order valence-electron chi connectivity index (χ1n) is 5.99. The van der Waals surface area contributed by atoms with Gasteiger partial charge >= 0.3 is 5.97 Å². The molecule has 0 radical (unpaired) electrons. The molecular weight excluding hydrogens is 190 g/mol. The van der Waals surface area contributed by atoms with Gasteiger partial charge in [-0.2, -0.15) is 0 Å². The van der Waals surface area contributed by atoms with Crippen LogP contribution in [-0.2, 0) is 9.53 Å². The van der Waals surface area contributed by atoms with Crippen molar-refractivity contribution >= 4 is 5.97 Å². The second-order valence-electron chi connectivity index (χ2n) is 3.63. The Kier molecular flexibility index (Phi) is 12.9. The zero-order chi connectivity index (χ0) is 12.3. The summed E-state index contributed by atoms with van der Waals surface area (Å²) in [6.07, 6.45) is 2.51. The summed E-state index contributed by atoms with van der Waals surface area (Å²) in [7, 11) is 0. The molecule has 0 aromatic rings. The van der Waals surface area contributed by atoms with Gasteiger partial charge in [-0.15, -0.1) is 0 Å². The second-order valence-corrected chi connectivity index (χ2v) is 3.63. The van der Waals surface area contributed by atoms with Gasteiger partial charge < -0.3 is 10.5 Å². The van der Waals surface area contributed by atoms with Gasteiger partial charge in [-0.25, -0.2) is 0 Å². The summed E-state index contributed by atoms with van der Waals surface area (Å²) in [5.41, 5.74) is 5.53. The smallest absolute Gasteiger partial charge is 0.306 e. The highest BCUT2D eigenvalue weighted by atomic mass is 16.5. The molecule has 0 heterocycles. The number of carbonyl (C=O) groups excluding carboxylic acids is 1. The third-order valence-electron chi connectivity index (χ3n) is 1.85. The second kappa shape index (κ2) is 11.5. The molecule has 0 aromatic carbocycles. The van der Waals surface area contributed by atoms with Gasteiger partial charge in [0, 0.05) is 6.42 Å². The van der Waals surface area contributed by atoms with E-state index in [2.05, 4.69) is 6.92 Å². The summed E-state index contributed by atoms with van der Waals surface area (Å²) < 4.78 is 5.03. The standard InChI is InChI=1S/C10H21NO2.C2H6/c1-4-5-9(7-11)6-10(12)13-8(2)3;1-2/h8-9H,4-7,11H2,1-3H3;1-2H3. The molecule has 0 fully saturated rings. The minimum absolute atomic E-state index is 0.0208. The summed E-state index contributed by atoms with van der Waals surface area (Å²) in [6.45, 7) is 10.4. The van der Waals surface area contributed by atoms with E-state index in [1.165, 1.54) is 0 Å². The van der Waals surface area contributed by atoms with Crippen molar-refractivity contribution in [3.05, 3.63) is 0 Å². The predicted octanol–water partition coefficient (Wildman–Crippen LogP) is 2.73. The first kappa shape index (κ1) is 16.8. The lowest BCUT2D eigenvalue weighted by atomic mass is 10.0. The quantitative estimate of drug-likeness (QED) is 0.696. The van der Waals surface area contributed by atoms with E-state index in [-0.39, 0.29) is 18.0 Å². The highest BCUT2D eigenvalue weighted by molar-refractivity contribution is 5.69. The maximum Gasteiger partial charge on any atom is 0.306 e. The van der Waals surface area contributed by atoms with E-state index in [4.69, 9.17) is 10.5 Å². The Hall–Kier alpha value is -0.570. The molecule has 15 heavy (non-hydrogen) atoms. The van der Waals surface area contributed by atoms with Crippen LogP contribution in [0, 0.1) is 5.92 Å². The van der Waals surface area contributed by atoms with Crippen LogP contribution in [0.5, 0.6) is 0 Å². The molecule has 2 N–H and O–H groups in total. The van der Waals surface area contributed by atoms with E-state index in [0.29, 0.717) is 13.0 Å². The molecule has 0 spiro atoms. The third kappa shape index (κ3) is 11.4. The molecule has 0 aliphatic heterocycles. The van der Waals surface area contributed by atoms with Gasteiger partial charge in [0.1, 0.15) is 0 Å². The van der Waals surface area contributed by atoms with Gasteiger partial charge in [-0.05, 0) is 32.7 Å². The third-order valence-corrected chi connectivity index (χ3v) is 1.85. The maximum atomic E-state index is 11.2. The Morgan fingerprint density at radius 3 is 2.20 bits per heavy atom. The van der Waals surface area contributed by atoms with Crippen LogP contribution in [0.1, 0.15) is 53.9 Å². The van der Waals surface area contributed by atoms with Crippen molar-refractivity contribution in [3.63, 3.8) is 0 Å². The summed E-state index contributed by atoms with van der Waals surface area (Å²) in [5, 5.41) is 0. The number of esters is 1. The Balaban J connectivity index is 0. The van der Waals surface area contributed by atoms with Crippen LogP contribution in [0.3, 0.4) is 0 Å². The number of rotatable bonds is 6. The van der Waals surface area contributed by atoms with Crippen molar-refractivity contribution in [3.8, 4) is 0 Å². The molecule has 3 heteroatoms. The van der Waals surface area contributed by atoms with Crippen molar-refractivity contribution in [1.82, 2.24) is 0 Å². The molecule has 0 saturated heterocycles. The topological polar surface area (TPSA) is 52.3 Å². The molecule has 0 rings (SSSR count). The zero-order valence-corrected chi connectivity index (χ0v) is 10.9. The molecule has 0 amide bonds. The van der Waals surface area contributed by atoms with Crippen molar-refractivity contribution < 1.29 is 9.53 Å². The van der Waals surface area contributed by atoms with Crippen LogP contribution in [0.25, 0.3) is 0 Å². The van der Waals surface area contributed by atoms with E-state index >= 15 is 0 Å². The predicted molar refractivity (Wildman–Crippen MR) is 64.6 cm³/mol. The summed E-state index contributed by atoms with van der Waals surface area (Å²) in [4.78, 5) is 11.2. The number of hydrogen-bond acceptors (Lipinski definition) is 3. The Morgan fingerprint density at radius 2 is 1.87 bits per heavy atom. The number of nitrogens with two attached hydrogens (primary N) is 1. The highest BCUT2D eigenvalue weighted by Gasteiger charge is 2.13. The van der Waals surface area contributed by atoms with Gasteiger partial charge in [0.2, 0.25) is 0 Å². The number of carbonyl (C=O) groups is 1. The minimum Gasteiger partial charge on any atom is -0.463 e. The first-order chi connectivity index (χ1) is 7.10. The molecule has 0 saturated carbocycles. The average Bonchev–Trinajstić information content (AvgIpc) is 2.19. The monoisotopic (exact) mass is 217 g/mol. The molecule has 0 aliphatic carbocycles. The van der Waals surface area contributed by atoms with E-state index in [1.54, 1.807) is 0 Å². The summed E-state index contributed by atoms with van der Waals surface area (Å²) in [6, 6.07) is 0. The summed E-state index contributed by atoms with van der Waals surface area (Å²) >= 11 is 0. The van der Waals surface area contributed by atoms with Gasteiger partial charge in [-0.1, -0.05) is 27.2 Å². The molecule has 1 unspecified atom stereocenters. The minimum atomic E-state index is -0.126. The van der Waals surface area contributed by atoms with Gasteiger partial charge in [0.05, 0.1) is 6.10 Å². The molecule has 0 aromatic heterocycles. The van der Waals surface area contributed by atoms with Gasteiger partial charge in [-0.3, -0.25) is 4.79 Å². The van der Waals surface area contributed by atoms with Crippen LogP contribution >= 0.6 is 0 Å². The molecule has 0 aliphatic rings. The lowest BCUT2D eigenvalue weighted by molar-refractivity contribution is -0.148. The van der Waals surface area contributed by atoms with Gasteiger partial charge in [0.15, 0.2) is 0 Å². The van der Waals surface area contributed by atoms with E-state index in [0.717, 1.165) is 12.8 Å². The largest absolute Gasteiger partial charge is 0.463 e. The van der Waals surface area contributed by atoms with Crippen molar-refractivity contribution in [2.75, 3.05) is 6.54 Å². The van der Waals surface area contributed by atoms with Crippen LogP contribution in [0.2, 0.25) is 0 Å². The Labute approximate surface area is 94.4 Å². The molecule has 3 nitrogen and oxygen atoms in total. The zero-order valence-electron chi connectivity index (χ0n) is 10.9. The van der Waals surface area contributed by atoms with Crippen molar-refractivity contribution in [2.24, 2.45) is 11.7 Å². The average molecular weight is 217 g/mol. The Bertz CT molecular complexity index is 147. The lowest BCUT2D eigenvalue weighted by Gasteiger charge is -2.14.